The molecule has 2 aromatic rings. The standard InChI is InChI=1S/C11H12IN3OS/c12-8-5-7(6-17-8)9-14-10(15-16-9)11(13)3-1-2-4-11/h5-6H,1-4,13H2. The Morgan fingerprint density at radius 3 is 2.82 bits per heavy atom. The lowest BCUT2D eigenvalue weighted by Crippen LogP contribution is -2.34. The van der Waals surface area contributed by atoms with Crippen LogP contribution in [0.5, 0.6) is 0 Å². The lowest BCUT2D eigenvalue weighted by Gasteiger charge is -2.17. The minimum absolute atomic E-state index is 0.370. The van der Waals surface area contributed by atoms with E-state index in [4.69, 9.17) is 10.3 Å². The van der Waals surface area contributed by atoms with Crippen LogP contribution >= 0.6 is 33.9 Å². The van der Waals surface area contributed by atoms with E-state index < -0.39 is 0 Å². The minimum Gasteiger partial charge on any atom is -0.334 e. The summed E-state index contributed by atoms with van der Waals surface area (Å²) in [5.41, 5.74) is 6.91. The van der Waals surface area contributed by atoms with E-state index in [9.17, 15) is 0 Å². The zero-order valence-electron chi connectivity index (χ0n) is 9.15. The summed E-state index contributed by atoms with van der Waals surface area (Å²) < 4.78 is 6.51. The fraction of sp³-hybridized carbons (Fsp3) is 0.455. The molecule has 0 aliphatic heterocycles. The fourth-order valence-corrected chi connectivity index (χ4v) is 3.52. The Morgan fingerprint density at radius 1 is 1.41 bits per heavy atom. The Labute approximate surface area is 117 Å². The molecule has 0 spiro atoms. The molecule has 1 aliphatic carbocycles. The largest absolute Gasteiger partial charge is 0.334 e. The molecule has 2 heterocycles. The second-order valence-electron chi connectivity index (χ2n) is 4.43. The molecule has 1 saturated carbocycles. The molecular weight excluding hydrogens is 349 g/mol. The van der Waals surface area contributed by atoms with Crippen molar-refractivity contribution in [2.24, 2.45) is 5.73 Å². The van der Waals surface area contributed by atoms with Gasteiger partial charge in [0.05, 0.1) is 14.0 Å². The molecule has 90 valence electrons. The van der Waals surface area contributed by atoms with Gasteiger partial charge in [-0.05, 0) is 41.5 Å². The Morgan fingerprint density at radius 2 is 2.18 bits per heavy atom. The zero-order chi connectivity index (χ0) is 11.9. The van der Waals surface area contributed by atoms with Gasteiger partial charge in [0.15, 0.2) is 5.82 Å². The number of thiophene rings is 1. The first-order valence-electron chi connectivity index (χ1n) is 5.55. The molecule has 3 rings (SSSR count). The Hall–Kier alpha value is -0.470. The average Bonchev–Trinajstić information content (AvgIpc) is 2.96. The van der Waals surface area contributed by atoms with Crippen LogP contribution in [-0.2, 0) is 5.54 Å². The molecule has 4 nitrogen and oxygen atoms in total. The highest BCUT2D eigenvalue weighted by Gasteiger charge is 2.36. The predicted molar refractivity (Wildman–Crippen MR) is 74.7 cm³/mol. The van der Waals surface area contributed by atoms with Crippen LogP contribution in [0.15, 0.2) is 16.0 Å². The van der Waals surface area contributed by atoms with Crippen LogP contribution in [-0.4, -0.2) is 10.1 Å². The topological polar surface area (TPSA) is 64.9 Å². The highest BCUT2D eigenvalue weighted by Crippen LogP contribution is 2.35. The molecule has 2 N–H and O–H groups in total. The van der Waals surface area contributed by atoms with Gasteiger partial charge in [0.2, 0.25) is 0 Å². The van der Waals surface area contributed by atoms with E-state index in [1.54, 1.807) is 11.3 Å². The SMILES string of the molecule is NC1(c2noc(-c3csc(I)c3)n2)CCCC1. The van der Waals surface area contributed by atoms with Gasteiger partial charge in [-0.25, -0.2) is 0 Å². The van der Waals surface area contributed by atoms with Gasteiger partial charge in [-0.1, -0.05) is 18.0 Å². The summed E-state index contributed by atoms with van der Waals surface area (Å²) in [6.07, 6.45) is 4.20. The van der Waals surface area contributed by atoms with Crippen LogP contribution in [0.25, 0.3) is 11.5 Å². The monoisotopic (exact) mass is 361 g/mol. The minimum atomic E-state index is -0.370. The van der Waals surface area contributed by atoms with Gasteiger partial charge in [0.25, 0.3) is 5.89 Å². The first-order chi connectivity index (χ1) is 8.17. The third kappa shape index (κ3) is 2.13. The van der Waals surface area contributed by atoms with Crippen LogP contribution in [0.1, 0.15) is 31.5 Å². The Bertz CT molecular complexity index is 530. The van der Waals surface area contributed by atoms with Crippen molar-refractivity contribution in [3.8, 4) is 11.5 Å². The molecule has 0 unspecified atom stereocenters. The van der Waals surface area contributed by atoms with Crippen molar-refractivity contribution < 1.29 is 4.52 Å². The highest BCUT2D eigenvalue weighted by atomic mass is 127. The maximum Gasteiger partial charge on any atom is 0.258 e. The van der Waals surface area contributed by atoms with E-state index in [1.165, 1.54) is 2.88 Å². The number of rotatable bonds is 2. The van der Waals surface area contributed by atoms with E-state index in [2.05, 4.69) is 32.7 Å². The van der Waals surface area contributed by atoms with Crippen LogP contribution < -0.4 is 5.73 Å². The summed E-state index contributed by atoms with van der Waals surface area (Å²) >= 11 is 3.95. The summed E-state index contributed by atoms with van der Waals surface area (Å²) in [5.74, 6) is 1.24. The van der Waals surface area contributed by atoms with Gasteiger partial charge in [0.1, 0.15) is 0 Å². The lowest BCUT2D eigenvalue weighted by molar-refractivity contribution is 0.372. The van der Waals surface area contributed by atoms with E-state index in [-0.39, 0.29) is 5.54 Å². The predicted octanol–water partition coefficient (Wildman–Crippen LogP) is 3.13. The normalized spacial score (nSPS) is 18.7. The second-order valence-corrected chi connectivity index (χ2v) is 7.23. The number of aromatic nitrogens is 2. The molecule has 0 bridgehead atoms. The second kappa shape index (κ2) is 4.33. The summed E-state index contributed by atoms with van der Waals surface area (Å²) in [4.78, 5) is 4.45. The summed E-state index contributed by atoms with van der Waals surface area (Å²) in [7, 11) is 0. The van der Waals surface area contributed by atoms with Crippen molar-refractivity contribution in [3.05, 3.63) is 20.2 Å². The summed E-state index contributed by atoms with van der Waals surface area (Å²) in [6.45, 7) is 0. The maximum absolute atomic E-state index is 6.29. The smallest absolute Gasteiger partial charge is 0.258 e. The summed E-state index contributed by atoms with van der Waals surface area (Å²) in [6, 6.07) is 2.04. The molecule has 1 aliphatic rings. The van der Waals surface area contributed by atoms with Crippen molar-refractivity contribution >= 4 is 33.9 Å². The average molecular weight is 361 g/mol. The van der Waals surface area contributed by atoms with Crippen molar-refractivity contribution in [3.63, 3.8) is 0 Å². The Kier molecular flexibility index (Phi) is 2.95. The number of nitrogens with two attached hydrogens (primary N) is 1. The maximum atomic E-state index is 6.29. The van der Waals surface area contributed by atoms with Crippen LogP contribution in [0.4, 0.5) is 0 Å². The molecule has 0 saturated heterocycles. The third-order valence-electron chi connectivity index (χ3n) is 3.18. The quantitative estimate of drug-likeness (QED) is 0.835. The third-order valence-corrected chi connectivity index (χ3v) is 4.97. The van der Waals surface area contributed by atoms with Gasteiger partial charge in [0, 0.05) is 5.38 Å². The van der Waals surface area contributed by atoms with Crippen molar-refractivity contribution in [2.45, 2.75) is 31.2 Å². The first kappa shape index (κ1) is 11.6. The van der Waals surface area contributed by atoms with Crippen molar-refractivity contribution in [2.75, 3.05) is 0 Å². The van der Waals surface area contributed by atoms with Crippen LogP contribution in [0.3, 0.4) is 0 Å². The Balaban J connectivity index is 1.92. The number of hydrogen-bond donors (Lipinski definition) is 1. The van der Waals surface area contributed by atoms with E-state index in [0.717, 1.165) is 31.2 Å². The van der Waals surface area contributed by atoms with Gasteiger partial charge >= 0.3 is 0 Å². The van der Waals surface area contributed by atoms with Crippen molar-refractivity contribution in [1.82, 2.24) is 10.1 Å². The van der Waals surface area contributed by atoms with E-state index >= 15 is 0 Å². The number of hydrogen-bond acceptors (Lipinski definition) is 5. The van der Waals surface area contributed by atoms with Gasteiger partial charge in [-0.2, -0.15) is 4.98 Å². The highest BCUT2D eigenvalue weighted by molar-refractivity contribution is 14.1. The number of halogens is 1. The van der Waals surface area contributed by atoms with E-state index in [1.807, 2.05) is 11.4 Å². The molecule has 2 aromatic heterocycles. The van der Waals surface area contributed by atoms with Crippen molar-refractivity contribution in [1.29, 1.82) is 0 Å². The summed E-state index contributed by atoms with van der Waals surface area (Å²) in [5, 5.41) is 6.07. The molecule has 1 fully saturated rings. The first-order valence-corrected chi connectivity index (χ1v) is 7.51. The molecule has 17 heavy (non-hydrogen) atoms. The number of nitrogens with zero attached hydrogens (tertiary/aromatic N) is 2. The molecular formula is C11H12IN3OS. The van der Waals surface area contributed by atoms with Gasteiger partial charge < -0.3 is 10.3 Å². The molecule has 0 amide bonds. The fourth-order valence-electron chi connectivity index (χ4n) is 2.19. The molecule has 0 radical (unpaired) electrons. The van der Waals surface area contributed by atoms with Gasteiger partial charge in [-0.15, -0.1) is 11.3 Å². The van der Waals surface area contributed by atoms with Crippen LogP contribution in [0.2, 0.25) is 0 Å². The van der Waals surface area contributed by atoms with Crippen LogP contribution in [0, 0.1) is 2.88 Å². The molecule has 0 atom stereocenters. The van der Waals surface area contributed by atoms with Gasteiger partial charge in [-0.3, -0.25) is 0 Å². The van der Waals surface area contributed by atoms with E-state index in [0.29, 0.717) is 11.7 Å². The molecule has 6 heteroatoms. The zero-order valence-corrected chi connectivity index (χ0v) is 12.1. The molecule has 0 aromatic carbocycles. The lowest BCUT2D eigenvalue weighted by atomic mass is 9.99.